The number of rotatable bonds is 4. The van der Waals surface area contributed by atoms with Gasteiger partial charge in [0.1, 0.15) is 0 Å². The highest BCUT2D eigenvalue weighted by Gasteiger charge is 2.36. The van der Waals surface area contributed by atoms with Gasteiger partial charge in [-0.2, -0.15) is 0 Å². The van der Waals surface area contributed by atoms with Gasteiger partial charge in [-0.3, -0.25) is 0 Å². The van der Waals surface area contributed by atoms with E-state index in [0.717, 1.165) is 6.42 Å². The molecule has 1 aliphatic rings. The second-order valence-electron chi connectivity index (χ2n) is 2.75. The van der Waals surface area contributed by atoms with E-state index < -0.39 is 11.7 Å². The third-order valence-corrected chi connectivity index (χ3v) is 1.69. The summed E-state index contributed by atoms with van der Waals surface area (Å²) in [5.41, 5.74) is -1.37. The molecule has 0 bridgehead atoms. The largest absolute Gasteiger partial charge is 0.477 e. The maximum Gasteiger partial charge on any atom is 0.361 e. The van der Waals surface area contributed by atoms with Crippen molar-refractivity contribution in [3.8, 4) is 0 Å². The van der Waals surface area contributed by atoms with Gasteiger partial charge >= 0.3 is 5.97 Å². The Hall–Kier alpha value is -1.29. The van der Waals surface area contributed by atoms with Crippen LogP contribution in [0.5, 0.6) is 0 Å². The summed E-state index contributed by atoms with van der Waals surface area (Å²) in [7, 11) is 0. The number of carboxylic acids is 1. The van der Waals surface area contributed by atoms with Crippen molar-refractivity contribution in [2.24, 2.45) is 0 Å². The fraction of sp³-hybridized carbons (Fsp3) is 0.444. The zero-order valence-corrected chi connectivity index (χ0v) is 7.49. The van der Waals surface area contributed by atoms with Crippen LogP contribution in [0.25, 0.3) is 0 Å². The van der Waals surface area contributed by atoms with Gasteiger partial charge in [-0.1, -0.05) is 13.0 Å². The van der Waals surface area contributed by atoms with Crippen molar-refractivity contribution < 1.29 is 14.6 Å². The van der Waals surface area contributed by atoms with Gasteiger partial charge in [-0.25, -0.2) is 4.79 Å². The molecule has 1 heterocycles. The molecule has 13 heavy (non-hydrogen) atoms. The van der Waals surface area contributed by atoms with Gasteiger partial charge in [0.2, 0.25) is 0 Å². The minimum absolute atomic E-state index is 0.414. The number of dihydropyridines is 1. The lowest BCUT2D eigenvalue weighted by Crippen LogP contribution is -2.51. The average Bonchev–Trinajstić information content (AvgIpc) is 2.16. The van der Waals surface area contributed by atoms with Crippen molar-refractivity contribution in [3.63, 3.8) is 0 Å². The summed E-state index contributed by atoms with van der Waals surface area (Å²) >= 11 is 0. The molecule has 0 aromatic rings. The number of hydrogen-bond donors (Lipinski definition) is 2. The Balaban J connectivity index is 2.70. The maximum atomic E-state index is 10.9. The molecule has 0 aromatic carbocycles. The Morgan fingerprint density at radius 2 is 2.38 bits per heavy atom. The second-order valence-corrected chi connectivity index (χ2v) is 2.75. The molecule has 0 aromatic heterocycles. The molecule has 0 saturated heterocycles. The first-order chi connectivity index (χ1) is 6.21. The number of carbonyl (C=O) groups is 1. The van der Waals surface area contributed by atoms with E-state index in [1.54, 1.807) is 18.4 Å². The van der Waals surface area contributed by atoms with Gasteiger partial charge in [0, 0.05) is 0 Å². The molecule has 0 amide bonds. The fourth-order valence-corrected chi connectivity index (χ4v) is 1.01. The lowest BCUT2D eigenvalue weighted by atomic mass is 10.1. The molecule has 0 radical (unpaired) electrons. The van der Waals surface area contributed by atoms with Crippen molar-refractivity contribution in [3.05, 3.63) is 24.4 Å². The summed E-state index contributed by atoms with van der Waals surface area (Å²) in [5, 5.41) is 11.6. The first-order valence-electron chi connectivity index (χ1n) is 4.20. The van der Waals surface area contributed by atoms with Gasteiger partial charge in [0.25, 0.3) is 5.72 Å². The van der Waals surface area contributed by atoms with Gasteiger partial charge in [-0.15, -0.1) is 0 Å². The SMILES string of the molecule is CCCOC1(C(=O)O)C=CC=CN1. The lowest BCUT2D eigenvalue weighted by molar-refractivity contribution is -0.162. The van der Waals surface area contributed by atoms with Crippen LogP contribution < -0.4 is 5.32 Å². The average molecular weight is 183 g/mol. The molecular formula is C9H13NO3. The molecule has 4 nitrogen and oxygen atoms in total. The number of ether oxygens (including phenoxy) is 1. The van der Waals surface area contributed by atoms with Crippen molar-refractivity contribution in [1.82, 2.24) is 5.32 Å². The number of hydrogen-bond acceptors (Lipinski definition) is 3. The Kier molecular flexibility index (Phi) is 3.08. The van der Waals surface area contributed by atoms with Crippen molar-refractivity contribution >= 4 is 5.97 Å². The maximum absolute atomic E-state index is 10.9. The molecule has 0 saturated carbocycles. The second kappa shape index (κ2) is 4.09. The van der Waals surface area contributed by atoms with Crippen molar-refractivity contribution in [2.45, 2.75) is 19.1 Å². The molecular weight excluding hydrogens is 170 g/mol. The Morgan fingerprint density at radius 1 is 1.62 bits per heavy atom. The highest BCUT2D eigenvalue weighted by atomic mass is 16.5. The first-order valence-corrected chi connectivity index (χ1v) is 4.20. The number of nitrogens with one attached hydrogen (secondary N) is 1. The van der Waals surface area contributed by atoms with Crippen LogP contribution in [-0.4, -0.2) is 23.4 Å². The Bertz CT molecular complexity index is 247. The van der Waals surface area contributed by atoms with Crippen LogP contribution in [0.2, 0.25) is 0 Å². The molecule has 2 N–H and O–H groups in total. The van der Waals surface area contributed by atoms with E-state index in [2.05, 4.69) is 5.32 Å². The Morgan fingerprint density at radius 3 is 2.85 bits per heavy atom. The summed E-state index contributed by atoms with van der Waals surface area (Å²) in [6, 6.07) is 0. The molecule has 0 aliphatic carbocycles. The summed E-state index contributed by atoms with van der Waals surface area (Å²) in [6.45, 7) is 2.34. The zero-order valence-electron chi connectivity index (χ0n) is 7.49. The van der Waals surface area contributed by atoms with E-state index >= 15 is 0 Å². The monoisotopic (exact) mass is 183 g/mol. The molecule has 1 unspecified atom stereocenters. The lowest BCUT2D eigenvalue weighted by Gasteiger charge is -2.28. The molecule has 1 atom stereocenters. The van der Waals surface area contributed by atoms with Crippen molar-refractivity contribution in [1.29, 1.82) is 0 Å². The third kappa shape index (κ3) is 2.09. The van der Waals surface area contributed by atoms with Crippen LogP contribution in [-0.2, 0) is 9.53 Å². The summed E-state index contributed by atoms with van der Waals surface area (Å²) in [4.78, 5) is 10.9. The van der Waals surface area contributed by atoms with E-state index in [1.165, 1.54) is 6.08 Å². The van der Waals surface area contributed by atoms with Crippen molar-refractivity contribution in [2.75, 3.05) is 6.61 Å². The van der Waals surface area contributed by atoms with Gasteiger partial charge in [-0.05, 0) is 24.8 Å². The molecule has 72 valence electrons. The summed E-state index contributed by atoms with van der Waals surface area (Å²) in [5.74, 6) is -1.03. The van der Waals surface area contributed by atoms with E-state index in [0.29, 0.717) is 6.61 Å². The quantitative estimate of drug-likeness (QED) is 0.679. The van der Waals surface area contributed by atoms with Crippen LogP contribution in [0.3, 0.4) is 0 Å². The molecule has 4 heteroatoms. The van der Waals surface area contributed by atoms with E-state index in [4.69, 9.17) is 9.84 Å². The van der Waals surface area contributed by atoms with Gasteiger partial charge in [0.05, 0.1) is 6.61 Å². The predicted molar refractivity (Wildman–Crippen MR) is 48.0 cm³/mol. The topological polar surface area (TPSA) is 58.6 Å². The predicted octanol–water partition coefficient (Wildman–Crippen LogP) is 0.867. The zero-order chi connectivity index (χ0) is 9.73. The molecule has 0 spiro atoms. The van der Waals surface area contributed by atoms with Gasteiger partial charge in [0.15, 0.2) is 0 Å². The molecule has 0 fully saturated rings. The third-order valence-electron chi connectivity index (χ3n) is 1.69. The van der Waals surface area contributed by atoms with Crippen LogP contribution in [0.15, 0.2) is 24.4 Å². The standard InChI is InChI=1S/C9H13NO3/c1-2-7-13-9(8(11)12)5-3-4-6-10-9/h3-6,10H,2,7H2,1H3,(H,11,12). The number of carboxylic acid groups (broad SMARTS) is 1. The van der Waals surface area contributed by atoms with E-state index in [9.17, 15) is 4.79 Å². The van der Waals surface area contributed by atoms with Crippen LogP contribution in [0, 0.1) is 0 Å². The van der Waals surface area contributed by atoms with E-state index in [1.807, 2.05) is 6.92 Å². The summed E-state index contributed by atoms with van der Waals surface area (Å²) < 4.78 is 5.23. The minimum atomic E-state index is -1.37. The highest BCUT2D eigenvalue weighted by Crippen LogP contribution is 2.13. The number of allylic oxidation sites excluding steroid dienone is 2. The minimum Gasteiger partial charge on any atom is -0.477 e. The molecule has 1 rings (SSSR count). The normalized spacial score (nSPS) is 25.6. The highest BCUT2D eigenvalue weighted by molar-refractivity contribution is 5.80. The Labute approximate surface area is 76.9 Å². The number of aliphatic carboxylic acids is 1. The molecule has 1 aliphatic heterocycles. The fourth-order valence-electron chi connectivity index (χ4n) is 1.01. The van der Waals surface area contributed by atoms with Crippen LogP contribution in [0.1, 0.15) is 13.3 Å². The van der Waals surface area contributed by atoms with Gasteiger partial charge < -0.3 is 15.2 Å². The summed E-state index contributed by atoms with van der Waals surface area (Å²) in [6.07, 6.45) is 7.21. The van der Waals surface area contributed by atoms with E-state index in [-0.39, 0.29) is 0 Å². The first kappa shape index (κ1) is 9.80. The van der Waals surface area contributed by atoms with Crippen LogP contribution >= 0.6 is 0 Å². The van der Waals surface area contributed by atoms with Crippen LogP contribution in [0.4, 0.5) is 0 Å². The smallest absolute Gasteiger partial charge is 0.361 e.